The maximum absolute atomic E-state index is 9.22. The van der Waals surface area contributed by atoms with E-state index in [9.17, 15) is 5.26 Å². The molecular weight excluding hydrogens is 541 g/mol. The van der Waals surface area contributed by atoms with Crippen LogP contribution < -0.4 is 26.8 Å². The van der Waals surface area contributed by atoms with Crippen molar-refractivity contribution in [1.82, 2.24) is 3.53 Å². The van der Waals surface area contributed by atoms with E-state index in [-0.39, 0.29) is 3.55 Å². The Morgan fingerprint density at radius 2 is 1.74 bits per heavy atom. The maximum atomic E-state index is 9.22. The van der Waals surface area contributed by atoms with Crippen molar-refractivity contribution in [1.29, 1.82) is 5.26 Å². The van der Waals surface area contributed by atoms with Crippen LogP contribution in [0.15, 0.2) is 83.0 Å². The minimum absolute atomic E-state index is 0.0417. The molecule has 2 aromatic carbocycles. The fourth-order valence-corrected chi connectivity index (χ4v) is 17.5. The molecule has 3 nitrogen and oxygen atoms in total. The van der Waals surface area contributed by atoms with Gasteiger partial charge in [0.05, 0.1) is 0 Å². The Bertz CT molecular complexity index is 1330. The van der Waals surface area contributed by atoms with Crippen molar-refractivity contribution in [3.63, 3.8) is 0 Å². The molecule has 4 heteroatoms. The van der Waals surface area contributed by atoms with E-state index in [0.29, 0.717) is 5.56 Å². The molecule has 0 saturated heterocycles. The summed E-state index contributed by atoms with van der Waals surface area (Å²) in [5.41, 5.74) is 6.84. The first-order valence-electron chi connectivity index (χ1n) is 12.4. The van der Waals surface area contributed by atoms with Gasteiger partial charge in [0.2, 0.25) is 0 Å². The molecule has 3 aromatic rings. The second-order valence-electron chi connectivity index (χ2n) is 8.91. The number of aryl methyl sites for hydroxylation is 1. The number of pyridine rings is 1. The van der Waals surface area contributed by atoms with Crippen molar-refractivity contribution < 1.29 is 23.3 Å². The molecule has 182 valence electrons. The standard InChI is InChI=1S/C31H36IN3/c1-7-10-12-23(4)32(34-6)29-20-19-27(26-17-15-25(22-33)16-18-26)21-28(29)30-14-11-13-24(5)35(30)31(32,8-2)9-3/h10-21,34H,4,7-9H2,1-3,5-6H3/b12-10-. The summed E-state index contributed by atoms with van der Waals surface area (Å²) >= 11 is -3.14. The molecule has 0 saturated carbocycles. The van der Waals surface area contributed by atoms with Gasteiger partial charge >= 0.3 is 216 Å². The van der Waals surface area contributed by atoms with Crippen molar-refractivity contribution >= 4 is 0 Å². The zero-order valence-electron chi connectivity index (χ0n) is 21.5. The van der Waals surface area contributed by atoms with E-state index >= 15 is 0 Å². The third kappa shape index (κ3) is 3.77. The van der Waals surface area contributed by atoms with Crippen molar-refractivity contribution in [2.24, 2.45) is 0 Å². The van der Waals surface area contributed by atoms with Gasteiger partial charge in [-0.3, -0.25) is 0 Å². The van der Waals surface area contributed by atoms with E-state index in [0.717, 1.165) is 24.8 Å². The van der Waals surface area contributed by atoms with Crippen LogP contribution in [-0.4, -0.2) is 7.05 Å². The quantitative estimate of drug-likeness (QED) is 0.152. The summed E-state index contributed by atoms with van der Waals surface area (Å²) in [5.74, 6) is 0. The van der Waals surface area contributed by atoms with Gasteiger partial charge in [-0.1, -0.05) is 0 Å². The molecule has 35 heavy (non-hydrogen) atoms. The number of fused-ring (bicyclic) bond motifs is 3. The van der Waals surface area contributed by atoms with Gasteiger partial charge in [-0.25, -0.2) is 0 Å². The normalized spacial score (nSPS) is 19.9. The Balaban J connectivity index is 2.09. The van der Waals surface area contributed by atoms with Crippen molar-refractivity contribution in [3.05, 3.63) is 97.8 Å². The summed E-state index contributed by atoms with van der Waals surface area (Å²) in [6.45, 7) is 13.8. The second-order valence-corrected chi connectivity index (χ2v) is 17.8. The predicted octanol–water partition coefficient (Wildman–Crippen LogP) is 3.92. The van der Waals surface area contributed by atoms with E-state index in [1.807, 2.05) is 24.3 Å². The van der Waals surface area contributed by atoms with Gasteiger partial charge in [0, 0.05) is 0 Å². The fourth-order valence-electron chi connectivity index (χ4n) is 5.62. The number of alkyl halides is 1. The first kappa shape index (κ1) is 25.3. The van der Waals surface area contributed by atoms with Gasteiger partial charge in [-0.15, -0.1) is 0 Å². The van der Waals surface area contributed by atoms with Crippen molar-refractivity contribution in [2.45, 2.75) is 50.5 Å². The fraction of sp³-hybridized carbons (Fsp3) is 0.290. The van der Waals surface area contributed by atoms with Gasteiger partial charge in [0.25, 0.3) is 0 Å². The van der Waals surface area contributed by atoms with Crippen LogP contribution >= 0.6 is 0 Å². The summed E-state index contributed by atoms with van der Waals surface area (Å²) in [6.07, 6.45) is 7.62. The average molecular weight is 578 g/mol. The third-order valence-electron chi connectivity index (χ3n) is 7.27. The van der Waals surface area contributed by atoms with Crippen LogP contribution in [0.3, 0.4) is 0 Å². The summed E-state index contributed by atoms with van der Waals surface area (Å²) in [4.78, 5) is 0. The first-order chi connectivity index (χ1) is 16.9. The Hall–Kier alpha value is -2.75. The number of benzene rings is 2. The number of rotatable bonds is 7. The van der Waals surface area contributed by atoms with Crippen LogP contribution in [-0.2, 0) is 3.55 Å². The van der Waals surface area contributed by atoms with Crippen LogP contribution in [0.5, 0.6) is 0 Å². The third-order valence-corrected chi connectivity index (χ3v) is 19.0. The molecule has 2 heterocycles. The van der Waals surface area contributed by atoms with Gasteiger partial charge in [0.1, 0.15) is 0 Å². The van der Waals surface area contributed by atoms with Crippen LogP contribution in [0.25, 0.3) is 22.4 Å². The molecule has 1 aliphatic rings. The van der Waals surface area contributed by atoms with Crippen molar-refractivity contribution in [3.8, 4) is 28.5 Å². The zero-order chi connectivity index (χ0) is 25.2. The van der Waals surface area contributed by atoms with Crippen LogP contribution in [0.2, 0.25) is 0 Å². The Morgan fingerprint density at radius 3 is 2.34 bits per heavy atom. The molecule has 0 amide bonds. The molecule has 1 unspecified atom stereocenters. The molecule has 0 fully saturated rings. The number of nitrogens with zero attached hydrogens (tertiary/aromatic N) is 2. The molecule has 1 aliphatic heterocycles. The second kappa shape index (κ2) is 10.1. The van der Waals surface area contributed by atoms with Crippen LogP contribution in [0.1, 0.15) is 51.3 Å². The minimum atomic E-state index is -3.14. The van der Waals surface area contributed by atoms with Gasteiger partial charge in [0.15, 0.2) is 0 Å². The molecule has 0 bridgehead atoms. The van der Waals surface area contributed by atoms with E-state index in [1.54, 1.807) is 0 Å². The number of allylic oxidation sites excluding steroid dienone is 3. The molecule has 1 aromatic heterocycles. The monoisotopic (exact) mass is 577 g/mol. The predicted molar refractivity (Wildman–Crippen MR) is 142 cm³/mol. The molecule has 0 spiro atoms. The molecule has 0 radical (unpaired) electrons. The zero-order valence-corrected chi connectivity index (χ0v) is 23.7. The number of nitriles is 1. The topological polar surface area (TPSA) is 39.7 Å². The van der Waals surface area contributed by atoms with E-state index in [1.165, 1.54) is 29.7 Å². The molecular formula is C31H36IN3. The first-order valence-corrected chi connectivity index (χ1v) is 16.7. The number of aromatic nitrogens is 1. The van der Waals surface area contributed by atoms with Crippen LogP contribution in [0.4, 0.5) is 0 Å². The van der Waals surface area contributed by atoms with E-state index < -0.39 is 18.7 Å². The Morgan fingerprint density at radius 1 is 1.06 bits per heavy atom. The summed E-state index contributed by atoms with van der Waals surface area (Å²) in [6, 6.07) is 23.8. The summed E-state index contributed by atoms with van der Waals surface area (Å²) in [5, 5.41) is 9.22. The SMILES string of the molecule is C=C(/C=C\CC)[I-]1(NC)c2ccc(-c3ccc(C#N)cc3)cc2-c2cccc(C)[n+]2C1(CC)CC. The summed E-state index contributed by atoms with van der Waals surface area (Å²) in [7, 11) is 2.16. The van der Waals surface area contributed by atoms with Gasteiger partial charge in [-0.2, -0.15) is 0 Å². The molecule has 1 N–H and O–H groups in total. The number of hydrogen-bond donors (Lipinski definition) is 1. The van der Waals surface area contributed by atoms with Crippen molar-refractivity contribution in [2.75, 3.05) is 7.05 Å². The number of nitrogens with one attached hydrogen (secondary N) is 1. The number of halogens is 1. The Kier molecular flexibility index (Phi) is 7.30. The number of hydrogen-bond acceptors (Lipinski definition) is 2. The van der Waals surface area contributed by atoms with Crippen LogP contribution in [0, 0.1) is 21.8 Å². The van der Waals surface area contributed by atoms with E-state index in [2.05, 4.69) is 97.5 Å². The van der Waals surface area contributed by atoms with Gasteiger partial charge in [-0.05, 0) is 0 Å². The van der Waals surface area contributed by atoms with Gasteiger partial charge < -0.3 is 0 Å². The molecule has 1 atom stereocenters. The Labute approximate surface area is 215 Å². The molecule has 0 aliphatic carbocycles. The summed E-state index contributed by atoms with van der Waals surface area (Å²) < 4.78 is 9.29. The van der Waals surface area contributed by atoms with E-state index in [4.69, 9.17) is 6.58 Å². The molecule has 4 rings (SSSR count). The average Bonchev–Trinajstić information content (AvgIpc) is 2.90.